The number of phenolic OH excluding ortho intramolecular Hbond substituents is 1. The highest BCUT2D eigenvalue weighted by Gasteiger charge is 2.41. The summed E-state index contributed by atoms with van der Waals surface area (Å²) in [6, 6.07) is 6.86. The van der Waals surface area contributed by atoms with Gasteiger partial charge in [-0.2, -0.15) is 0 Å². The quantitative estimate of drug-likeness (QED) is 0.846. The molecule has 120 valence electrons. The first-order valence-electron chi connectivity index (χ1n) is 7.47. The van der Waals surface area contributed by atoms with E-state index >= 15 is 0 Å². The van der Waals surface area contributed by atoms with Crippen LogP contribution < -0.4 is 4.90 Å². The van der Waals surface area contributed by atoms with Gasteiger partial charge in [0.2, 0.25) is 0 Å². The van der Waals surface area contributed by atoms with Crippen LogP contribution in [0.1, 0.15) is 26.3 Å². The SMILES string of the molecule is C=C(C)N1CC(C)(C)c2c(-c3ccc(F)cc3)c(F)cc(O)c21. The Morgan fingerprint density at radius 3 is 2.39 bits per heavy atom. The molecule has 0 aromatic heterocycles. The molecular weight excluding hydrogens is 296 g/mol. The number of benzene rings is 2. The third-order valence-electron chi connectivity index (χ3n) is 4.33. The first-order chi connectivity index (χ1) is 10.7. The number of hydrogen-bond donors (Lipinski definition) is 1. The van der Waals surface area contributed by atoms with Gasteiger partial charge in [0.1, 0.15) is 17.4 Å². The van der Waals surface area contributed by atoms with E-state index in [1.54, 1.807) is 12.1 Å². The number of phenols is 1. The fourth-order valence-electron chi connectivity index (χ4n) is 3.34. The normalized spacial score (nSPS) is 15.6. The molecule has 2 aromatic carbocycles. The molecule has 0 saturated heterocycles. The molecule has 23 heavy (non-hydrogen) atoms. The Balaban J connectivity index is 2.35. The van der Waals surface area contributed by atoms with Crippen molar-refractivity contribution in [2.24, 2.45) is 0 Å². The number of hydrogen-bond acceptors (Lipinski definition) is 2. The first-order valence-corrected chi connectivity index (χ1v) is 7.47. The minimum absolute atomic E-state index is 0.100. The van der Waals surface area contributed by atoms with Crippen molar-refractivity contribution in [3.05, 3.63) is 59.8 Å². The Bertz CT molecular complexity index is 794. The van der Waals surface area contributed by atoms with E-state index in [9.17, 15) is 13.9 Å². The molecule has 0 bridgehead atoms. The molecule has 4 heteroatoms. The average molecular weight is 315 g/mol. The van der Waals surface area contributed by atoms with Crippen molar-refractivity contribution in [1.82, 2.24) is 0 Å². The van der Waals surface area contributed by atoms with Crippen molar-refractivity contribution < 1.29 is 13.9 Å². The second-order valence-electron chi connectivity index (χ2n) is 6.69. The summed E-state index contributed by atoms with van der Waals surface area (Å²) in [6.07, 6.45) is 0. The van der Waals surface area contributed by atoms with Crippen LogP contribution in [0.15, 0.2) is 42.6 Å². The highest BCUT2D eigenvalue weighted by Crippen LogP contribution is 2.52. The van der Waals surface area contributed by atoms with Crippen molar-refractivity contribution in [2.75, 3.05) is 11.4 Å². The molecule has 1 aliphatic rings. The van der Waals surface area contributed by atoms with E-state index in [4.69, 9.17) is 0 Å². The Morgan fingerprint density at radius 1 is 1.22 bits per heavy atom. The Hall–Kier alpha value is -2.36. The van der Waals surface area contributed by atoms with E-state index in [1.165, 1.54) is 12.1 Å². The van der Waals surface area contributed by atoms with Gasteiger partial charge in [-0.3, -0.25) is 0 Å². The van der Waals surface area contributed by atoms with Gasteiger partial charge in [-0.1, -0.05) is 32.6 Å². The van der Waals surface area contributed by atoms with Crippen LogP contribution >= 0.6 is 0 Å². The molecule has 0 fully saturated rings. The lowest BCUT2D eigenvalue weighted by Crippen LogP contribution is -2.27. The van der Waals surface area contributed by atoms with Gasteiger partial charge in [0.25, 0.3) is 0 Å². The number of allylic oxidation sites excluding steroid dienone is 1. The van der Waals surface area contributed by atoms with Crippen molar-refractivity contribution in [1.29, 1.82) is 0 Å². The van der Waals surface area contributed by atoms with Gasteiger partial charge < -0.3 is 10.0 Å². The Kier molecular flexibility index (Phi) is 3.43. The minimum Gasteiger partial charge on any atom is -0.506 e. The minimum atomic E-state index is -0.510. The molecule has 0 aliphatic carbocycles. The largest absolute Gasteiger partial charge is 0.506 e. The summed E-state index contributed by atoms with van der Waals surface area (Å²) in [5, 5.41) is 10.3. The van der Waals surface area contributed by atoms with Crippen LogP contribution in [-0.2, 0) is 5.41 Å². The molecule has 2 aromatic rings. The predicted molar refractivity (Wildman–Crippen MR) is 88.6 cm³/mol. The standard InChI is InChI=1S/C19H19F2NO/c1-11(2)22-10-19(3,4)17-16(12-5-7-13(20)8-6-12)14(21)9-15(23)18(17)22/h5-9,23H,1,10H2,2-4H3. The Morgan fingerprint density at radius 2 is 1.83 bits per heavy atom. The molecular formula is C19H19F2NO. The molecule has 0 spiro atoms. The van der Waals surface area contributed by atoms with Crippen LogP contribution in [0.4, 0.5) is 14.5 Å². The topological polar surface area (TPSA) is 23.5 Å². The maximum atomic E-state index is 14.7. The zero-order valence-corrected chi connectivity index (χ0v) is 13.5. The number of fused-ring (bicyclic) bond motifs is 1. The monoisotopic (exact) mass is 315 g/mol. The van der Waals surface area contributed by atoms with E-state index in [2.05, 4.69) is 6.58 Å². The molecule has 1 heterocycles. The Labute approximate surface area is 134 Å². The van der Waals surface area contributed by atoms with Gasteiger partial charge >= 0.3 is 0 Å². The third-order valence-corrected chi connectivity index (χ3v) is 4.33. The van der Waals surface area contributed by atoms with E-state index < -0.39 is 5.82 Å². The van der Waals surface area contributed by atoms with E-state index in [0.717, 1.165) is 17.3 Å². The summed E-state index contributed by atoms with van der Waals surface area (Å²) < 4.78 is 27.9. The van der Waals surface area contributed by atoms with E-state index in [1.807, 2.05) is 25.7 Å². The number of anilines is 1. The van der Waals surface area contributed by atoms with Gasteiger partial charge in [-0.15, -0.1) is 0 Å². The van der Waals surface area contributed by atoms with Gasteiger partial charge in [0.05, 0.1) is 5.69 Å². The fourth-order valence-corrected chi connectivity index (χ4v) is 3.34. The number of aromatic hydroxyl groups is 1. The second-order valence-corrected chi connectivity index (χ2v) is 6.69. The molecule has 2 nitrogen and oxygen atoms in total. The van der Waals surface area contributed by atoms with Crippen molar-refractivity contribution >= 4 is 5.69 Å². The summed E-state index contributed by atoms with van der Waals surface area (Å²) in [6.45, 7) is 10.4. The molecule has 0 radical (unpaired) electrons. The zero-order chi connectivity index (χ0) is 16.9. The summed E-state index contributed by atoms with van der Waals surface area (Å²) in [4.78, 5) is 1.90. The molecule has 1 N–H and O–H groups in total. The van der Waals surface area contributed by atoms with Crippen molar-refractivity contribution in [3.8, 4) is 16.9 Å². The highest BCUT2D eigenvalue weighted by molar-refractivity contribution is 5.84. The smallest absolute Gasteiger partial charge is 0.142 e. The van der Waals surface area contributed by atoms with Gasteiger partial charge in [0, 0.05) is 29.3 Å². The molecule has 0 unspecified atom stereocenters. The molecule has 1 aliphatic heterocycles. The average Bonchev–Trinajstić information content (AvgIpc) is 2.74. The lowest BCUT2D eigenvalue weighted by Gasteiger charge is -2.22. The maximum Gasteiger partial charge on any atom is 0.142 e. The molecule has 3 rings (SSSR count). The van der Waals surface area contributed by atoms with E-state index in [0.29, 0.717) is 23.4 Å². The van der Waals surface area contributed by atoms with Crippen LogP contribution in [0.3, 0.4) is 0 Å². The van der Waals surface area contributed by atoms with Gasteiger partial charge in [0.15, 0.2) is 0 Å². The van der Waals surface area contributed by atoms with E-state index in [-0.39, 0.29) is 17.0 Å². The lowest BCUT2D eigenvalue weighted by molar-refractivity contribution is 0.470. The van der Waals surface area contributed by atoms with Crippen molar-refractivity contribution in [3.63, 3.8) is 0 Å². The van der Waals surface area contributed by atoms with Crippen LogP contribution in [0.25, 0.3) is 11.1 Å². The van der Waals surface area contributed by atoms with Crippen LogP contribution in [-0.4, -0.2) is 11.7 Å². The van der Waals surface area contributed by atoms with Crippen LogP contribution in [0, 0.1) is 11.6 Å². The highest BCUT2D eigenvalue weighted by atomic mass is 19.1. The van der Waals surface area contributed by atoms with Crippen LogP contribution in [0.5, 0.6) is 5.75 Å². The van der Waals surface area contributed by atoms with Crippen LogP contribution in [0.2, 0.25) is 0 Å². The number of nitrogens with zero attached hydrogens (tertiary/aromatic N) is 1. The zero-order valence-electron chi connectivity index (χ0n) is 13.5. The number of rotatable bonds is 2. The first kappa shape index (κ1) is 15.5. The lowest BCUT2D eigenvalue weighted by atomic mass is 9.81. The van der Waals surface area contributed by atoms with Gasteiger partial charge in [-0.05, 0) is 30.2 Å². The number of halogens is 2. The summed E-state index contributed by atoms with van der Waals surface area (Å²) >= 11 is 0. The summed E-state index contributed by atoms with van der Waals surface area (Å²) in [5.74, 6) is -0.978. The van der Waals surface area contributed by atoms with Gasteiger partial charge in [-0.25, -0.2) is 8.78 Å². The molecule has 0 amide bonds. The summed E-state index contributed by atoms with van der Waals surface area (Å²) in [7, 11) is 0. The predicted octanol–water partition coefficient (Wildman–Crippen LogP) is 4.97. The van der Waals surface area contributed by atoms with Crippen molar-refractivity contribution in [2.45, 2.75) is 26.2 Å². The molecule has 0 atom stereocenters. The molecule has 0 saturated carbocycles. The third kappa shape index (κ3) is 2.38. The fraction of sp³-hybridized carbons (Fsp3) is 0.263. The summed E-state index contributed by atoms with van der Waals surface area (Å²) in [5.41, 5.74) is 2.72. The second kappa shape index (κ2) is 5.08. The maximum absolute atomic E-state index is 14.7.